The molecule has 8 amide bonds. The molecule has 24 heteroatoms. The van der Waals surface area contributed by atoms with E-state index in [4.69, 9.17) is 9.47 Å². The summed E-state index contributed by atoms with van der Waals surface area (Å²) in [5.41, 5.74) is 0.551. The van der Waals surface area contributed by atoms with Gasteiger partial charge in [-0.1, -0.05) is 83.0 Å². The average Bonchev–Trinajstić information content (AvgIpc) is 3.44. The normalized spacial score (nSPS) is 25.1. The van der Waals surface area contributed by atoms with E-state index in [1.807, 2.05) is 0 Å². The van der Waals surface area contributed by atoms with Gasteiger partial charge in [-0.2, -0.15) is 0 Å². The Balaban J connectivity index is 1.43. The van der Waals surface area contributed by atoms with Crippen molar-refractivity contribution in [2.75, 3.05) is 41.4 Å². The Morgan fingerprint density at radius 1 is 0.633 bits per heavy atom. The molecule has 8 unspecified atom stereocenters. The fourth-order valence-electron chi connectivity index (χ4n) is 9.37. The number of likely N-dealkylation sites (N-methyl/N-ethyl adjacent to an activating group) is 4. The highest BCUT2D eigenvalue weighted by Gasteiger charge is 2.42. The van der Waals surface area contributed by atoms with Crippen molar-refractivity contribution in [1.82, 2.24) is 55.8 Å². The van der Waals surface area contributed by atoms with Crippen molar-refractivity contribution in [3.05, 3.63) is 84.3 Å². The predicted molar refractivity (Wildman–Crippen MR) is 286 cm³/mol. The monoisotopic (exact) mass is 1090 g/mol. The SMILES string of the molecule is CCC(C)C1C(=O)OCC(NC(=O)c2nc3ccccc3cc2O)C(=O)NC(C)C(=O)N(C)[C@H]2C/C=C\C[C@@H](C(=O)N1C)N(C)C(=O)C(C)NC(=O)C(NC(=O)c1cnc3ccccc3n1)COC(=O)C(C(C)CC)N(C)C2=O. The van der Waals surface area contributed by atoms with Crippen molar-refractivity contribution >= 4 is 81.1 Å². The molecule has 0 spiro atoms. The Morgan fingerprint density at radius 3 is 1.56 bits per heavy atom. The molecule has 2 bridgehead atoms. The smallest absolute Gasteiger partial charge is 0.329 e. The number of carbonyl (C=O) groups is 10. The van der Waals surface area contributed by atoms with Gasteiger partial charge < -0.3 is 55.4 Å². The first-order chi connectivity index (χ1) is 37.5. The fraction of sp³-hybridized carbons (Fsp3) is 0.473. The number of benzene rings is 2. The number of rotatable bonds is 8. The van der Waals surface area contributed by atoms with Gasteiger partial charge in [0, 0.05) is 33.6 Å². The highest BCUT2D eigenvalue weighted by Crippen LogP contribution is 2.25. The summed E-state index contributed by atoms with van der Waals surface area (Å²) in [4.78, 5) is 161. The van der Waals surface area contributed by atoms with Gasteiger partial charge in [-0.05, 0) is 62.8 Å². The summed E-state index contributed by atoms with van der Waals surface area (Å²) in [7, 11) is 5.31. The Labute approximate surface area is 457 Å². The molecule has 24 nitrogen and oxygen atoms in total. The molecule has 0 saturated carbocycles. The molecule has 2 aromatic carbocycles. The van der Waals surface area contributed by atoms with Crippen LogP contribution in [0.5, 0.6) is 5.75 Å². The number of nitrogens with zero attached hydrogens (tertiary/aromatic N) is 7. The zero-order valence-electron chi connectivity index (χ0n) is 45.9. The lowest BCUT2D eigenvalue weighted by molar-refractivity contribution is -0.161. The number of fused-ring (bicyclic) bond motifs is 6. The number of para-hydroxylation sites is 3. The first-order valence-corrected chi connectivity index (χ1v) is 26.1. The number of hydrogen-bond acceptors (Lipinski definition) is 16. The predicted octanol–water partition coefficient (Wildman–Crippen LogP) is 1.64. The Bertz CT molecular complexity index is 3030. The van der Waals surface area contributed by atoms with Gasteiger partial charge in [0.15, 0.2) is 5.69 Å². The van der Waals surface area contributed by atoms with Gasteiger partial charge in [0.25, 0.3) is 11.8 Å². The van der Waals surface area contributed by atoms with Crippen molar-refractivity contribution in [3.8, 4) is 5.75 Å². The minimum Gasteiger partial charge on any atom is -0.505 e. The summed E-state index contributed by atoms with van der Waals surface area (Å²) in [5, 5.41) is 21.5. The molecule has 422 valence electrons. The number of nitrogens with one attached hydrogen (secondary N) is 4. The molecule has 0 radical (unpaired) electrons. The van der Waals surface area contributed by atoms with E-state index < -0.39 is 144 Å². The number of hydrogen-bond donors (Lipinski definition) is 5. The van der Waals surface area contributed by atoms with Crippen LogP contribution in [0.3, 0.4) is 0 Å². The summed E-state index contributed by atoms with van der Waals surface area (Å²) in [6, 6.07) is 2.98. The highest BCUT2D eigenvalue weighted by atomic mass is 16.5. The largest absolute Gasteiger partial charge is 0.505 e. The maximum absolute atomic E-state index is 15.0. The molecule has 2 aliphatic heterocycles. The molecular weight excluding hydrogens is 1020 g/mol. The van der Waals surface area contributed by atoms with Gasteiger partial charge in [0.2, 0.25) is 35.4 Å². The number of cyclic esters (lactones) is 2. The number of carbonyl (C=O) groups excluding carboxylic acids is 10. The van der Waals surface area contributed by atoms with E-state index in [1.165, 1.54) is 66.5 Å². The minimum atomic E-state index is -1.75. The second kappa shape index (κ2) is 26.2. The van der Waals surface area contributed by atoms with Crippen LogP contribution in [-0.4, -0.2) is 189 Å². The summed E-state index contributed by atoms with van der Waals surface area (Å²) < 4.78 is 11.5. The summed E-state index contributed by atoms with van der Waals surface area (Å²) in [5.74, 6) is -10.8. The Kier molecular flexibility index (Phi) is 19.8. The standard InChI is InChI=1S/C55H69N11O13/c1-11-29(3)44-54(76)78-27-38(61-46(68)37-26-56-35-21-15-16-22-36(35)59-37)47(69)57-31(5)50(72)63(7)40-23-17-18-24-41(52(74)65(44)9)64(8)51(73)32(6)58-48(70)39(28-79-55(77)45(30(4)12-2)66(10)53(40)75)62-49(71)43-42(67)25-33-19-13-14-20-34(33)60-43/h13-22,25-26,29-32,38-41,44-45,67H,11-12,23-24,27-28H2,1-10H3,(H,57,69)(H,58,70)(H,61,68)(H,62,71)/b18-17-/t29?,30?,31?,32?,38?,39?,40-,41-,44?,45?/m0/s1. The highest BCUT2D eigenvalue weighted by molar-refractivity contribution is 6.02. The molecular formula is C55H69N11O13. The quantitative estimate of drug-likeness (QED) is 0.124. The summed E-state index contributed by atoms with van der Waals surface area (Å²) in [6.45, 7) is 7.94. The number of esters is 2. The van der Waals surface area contributed by atoms with Gasteiger partial charge in [-0.15, -0.1) is 0 Å². The van der Waals surface area contributed by atoms with Crippen LogP contribution >= 0.6 is 0 Å². The molecule has 0 fully saturated rings. The van der Waals surface area contributed by atoms with E-state index in [2.05, 4.69) is 36.2 Å². The van der Waals surface area contributed by atoms with E-state index in [9.17, 15) is 53.1 Å². The molecule has 2 aliphatic rings. The van der Waals surface area contributed by atoms with Crippen LogP contribution in [0.15, 0.2) is 72.9 Å². The molecule has 4 aromatic rings. The number of aromatic hydroxyl groups is 1. The van der Waals surface area contributed by atoms with Crippen molar-refractivity contribution < 1.29 is 62.5 Å². The number of pyridine rings is 1. The van der Waals surface area contributed by atoms with Gasteiger partial charge in [0.1, 0.15) is 73.0 Å². The maximum atomic E-state index is 15.0. The van der Waals surface area contributed by atoms with Crippen molar-refractivity contribution in [3.63, 3.8) is 0 Å². The van der Waals surface area contributed by atoms with Gasteiger partial charge in [-0.25, -0.2) is 19.6 Å². The molecule has 4 heterocycles. The van der Waals surface area contributed by atoms with Crippen LogP contribution in [0.4, 0.5) is 0 Å². The second-order valence-electron chi connectivity index (χ2n) is 20.0. The molecule has 2 aromatic heterocycles. The van der Waals surface area contributed by atoms with Gasteiger partial charge >= 0.3 is 11.9 Å². The van der Waals surface area contributed by atoms with Crippen molar-refractivity contribution in [2.45, 2.75) is 116 Å². The van der Waals surface area contributed by atoms with Gasteiger partial charge in [-0.3, -0.25) is 43.3 Å². The van der Waals surface area contributed by atoms with Crippen molar-refractivity contribution in [2.24, 2.45) is 11.8 Å². The minimum absolute atomic E-state index is 0.186. The lowest BCUT2D eigenvalue weighted by Gasteiger charge is -2.37. The Morgan fingerprint density at radius 2 is 1.08 bits per heavy atom. The van der Waals surface area contributed by atoms with E-state index in [0.29, 0.717) is 34.8 Å². The fourth-order valence-corrected chi connectivity index (χ4v) is 9.37. The zero-order valence-corrected chi connectivity index (χ0v) is 45.9. The molecule has 10 atom stereocenters. The van der Waals surface area contributed by atoms with Crippen LogP contribution in [0.25, 0.3) is 21.9 Å². The maximum Gasteiger partial charge on any atom is 0.329 e. The average molecular weight is 1090 g/mol. The lowest BCUT2D eigenvalue weighted by atomic mass is 9.96. The third-order valence-corrected chi connectivity index (χ3v) is 14.6. The van der Waals surface area contributed by atoms with E-state index in [-0.39, 0.29) is 18.5 Å². The lowest BCUT2D eigenvalue weighted by Crippen LogP contribution is -2.60. The summed E-state index contributed by atoms with van der Waals surface area (Å²) >= 11 is 0. The topological polar surface area (TPSA) is 309 Å². The first-order valence-electron chi connectivity index (χ1n) is 26.1. The number of ether oxygens (including phenoxy) is 2. The third-order valence-electron chi connectivity index (χ3n) is 14.6. The van der Waals surface area contributed by atoms with Crippen molar-refractivity contribution in [1.29, 1.82) is 0 Å². The molecule has 5 N–H and O–H groups in total. The van der Waals surface area contributed by atoms with Crippen LogP contribution in [-0.2, 0) is 47.8 Å². The number of aromatic nitrogens is 3. The van der Waals surface area contributed by atoms with E-state index in [1.54, 1.807) is 76.2 Å². The Hall–Kier alpha value is -8.57. The van der Waals surface area contributed by atoms with E-state index >= 15 is 0 Å². The molecule has 0 aliphatic carbocycles. The second-order valence-corrected chi connectivity index (χ2v) is 20.0. The van der Waals surface area contributed by atoms with Crippen LogP contribution < -0.4 is 21.3 Å². The number of amides is 8. The van der Waals surface area contributed by atoms with Gasteiger partial charge in [0.05, 0.1) is 22.7 Å². The molecule has 79 heavy (non-hydrogen) atoms. The van der Waals surface area contributed by atoms with Crippen LogP contribution in [0, 0.1) is 11.8 Å². The third kappa shape index (κ3) is 13.8. The first kappa shape index (κ1) is 59.7. The zero-order chi connectivity index (χ0) is 58.0. The molecule has 6 rings (SSSR count). The van der Waals surface area contributed by atoms with E-state index in [0.717, 1.165) is 19.6 Å². The van der Waals surface area contributed by atoms with Crippen LogP contribution in [0.2, 0.25) is 0 Å². The molecule has 0 saturated heterocycles. The summed E-state index contributed by atoms with van der Waals surface area (Å²) in [6.07, 6.45) is 4.43. The van der Waals surface area contributed by atoms with Crippen LogP contribution in [0.1, 0.15) is 88.2 Å².